The first-order chi connectivity index (χ1) is 8.24. The number of carbonyl (C=O) groups is 1. The summed E-state index contributed by atoms with van der Waals surface area (Å²) >= 11 is 0. The first-order valence-corrected chi connectivity index (χ1v) is 5.12. The van der Waals surface area contributed by atoms with Crippen molar-refractivity contribution in [3.05, 3.63) is 29.3 Å². The second-order valence-electron chi connectivity index (χ2n) is 4.52. The summed E-state index contributed by atoms with van der Waals surface area (Å²) in [6.45, 7) is 4.87. The minimum absolute atomic E-state index is 0.181. The number of nitriles is 1. The third-order valence-corrected chi connectivity index (χ3v) is 1.84. The van der Waals surface area contributed by atoms with E-state index in [0.29, 0.717) is 0 Å². The normalized spacial score (nSPS) is 10.7. The van der Waals surface area contributed by atoms with Crippen LogP contribution in [-0.2, 0) is 4.74 Å². The summed E-state index contributed by atoms with van der Waals surface area (Å²) in [5.41, 5.74) is -1.48. The van der Waals surface area contributed by atoms with Gasteiger partial charge in [0.05, 0.1) is 5.56 Å². The van der Waals surface area contributed by atoms with E-state index in [9.17, 15) is 13.6 Å². The second kappa shape index (κ2) is 5.00. The SMILES string of the molecule is CC(C)(C)OC(=O)Nc1c(C#N)ccc(F)c1F. The number of nitrogens with one attached hydrogen (secondary N) is 1. The first-order valence-electron chi connectivity index (χ1n) is 5.12. The van der Waals surface area contributed by atoms with Gasteiger partial charge >= 0.3 is 6.09 Å². The fourth-order valence-corrected chi connectivity index (χ4v) is 1.17. The molecule has 0 saturated heterocycles. The molecule has 18 heavy (non-hydrogen) atoms. The summed E-state index contributed by atoms with van der Waals surface area (Å²) in [6.07, 6.45) is -0.955. The third-order valence-electron chi connectivity index (χ3n) is 1.84. The van der Waals surface area contributed by atoms with E-state index in [4.69, 9.17) is 10.00 Å². The third kappa shape index (κ3) is 3.42. The van der Waals surface area contributed by atoms with Gasteiger partial charge in [0.15, 0.2) is 11.6 Å². The van der Waals surface area contributed by atoms with Gasteiger partial charge in [-0.15, -0.1) is 0 Å². The number of carbonyl (C=O) groups excluding carboxylic acids is 1. The lowest BCUT2D eigenvalue weighted by Crippen LogP contribution is -2.27. The molecule has 0 unspecified atom stereocenters. The van der Waals surface area contributed by atoms with E-state index in [1.54, 1.807) is 26.8 Å². The number of amides is 1. The highest BCUT2D eigenvalue weighted by Crippen LogP contribution is 2.22. The van der Waals surface area contributed by atoms with Crippen molar-refractivity contribution < 1.29 is 18.3 Å². The molecule has 0 saturated carbocycles. The Morgan fingerprint density at radius 2 is 2.00 bits per heavy atom. The molecule has 6 heteroatoms. The van der Waals surface area contributed by atoms with Gasteiger partial charge in [-0.3, -0.25) is 5.32 Å². The van der Waals surface area contributed by atoms with Crippen LogP contribution in [0.15, 0.2) is 12.1 Å². The van der Waals surface area contributed by atoms with Crippen molar-refractivity contribution >= 4 is 11.8 Å². The summed E-state index contributed by atoms with van der Waals surface area (Å²) in [5, 5.41) is 10.8. The van der Waals surface area contributed by atoms with Gasteiger partial charge in [0.1, 0.15) is 17.4 Å². The lowest BCUT2D eigenvalue weighted by molar-refractivity contribution is 0.0635. The highest BCUT2D eigenvalue weighted by atomic mass is 19.2. The lowest BCUT2D eigenvalue weighted by Gasteiger charge is -2.20. The molecule has 0 aliphatic heterocycles. The van der Waals surface area contributed by atoms with Gasteiger partial charge in [-0.05, 0) is 32.9 Å². The van der Waals surface area contributed by atoms with Crippen LogP contribution >= 0.6 is 0 Å². The van der Waals surface area contributed by atoms with E-state index in [-0.39, 0.29) is 5.56 Å². The zero-order valence-corrected chi connectivity index (χ0v) is 10.2. The monoisotopic (exact) mass is 254 g/mol. The Balaban J connectivity index is 3.01. The van der Waals surface area contributed by atoms with Crippen molar-refractivity contribution in [1.82, 2.24) is 0 Å². The maximum absolute atomic E-state index is 13.4. The Kier molecular flexibility index (Phi) is 3.86. The predicted molar refractivity (Wildman–Crippen MR) is 60.9 cm³/mol. The van der Waals surface area contributed by atoms with Gasteiger partial charge in [0, 0.05) is 0 Å². The van der Waals surface area contributed by atoms with Gasteiger partial charge < -0.3 is 4.74 Å². The molecule has 96 valence electrons. The minimum atomic E-state index is -1.29. The number of anilines is 1. The number of hydrogen-bond donors (Lipinski definition) is 1. The van der Waals surface area contributed by atoms with Gasteiger partial charge in [-0.2, -0.15) is 5.26 Å². The molecule has 0 atom stereocenters. The maximum Gasteiger partial charge on any atom is 0.412 e. The quantitative estimate of drug-likeness (QED) is 0.837. The summed E-state index contributed by atoms with van der Waals surface area (Å²) in [7, 11) is 0. The van der Waals surface area contributed by atoms with Gasteiger partial charge in [0.25, 0.3) is 0 Å². The molecule has 0 aliphatic rings. The van der Waals surface area contributed by atoms with E-state index in [1.165, 1.54) is 0 Å². The number of benzene rings is 1. The van der Waals surface area contributed by atoms with Crippen LogP contribution in [-0.4, -0.2) is 11.7 Å². The summed E-state index contributed by atoms with van der Waals surface area (Å²) in [6, 6.07) is 3.54. The van der Waals surface area contributed by atoms with Crippen molar-refractivity contribution in [2.45, 2.75) is 26.4 Å². The largest absolute Gasteiger partial charge is 0.444 e. The summed E-state index contributed by atoms with van der Waals surface area (Å²) < 4.78 is 31.3. The highest BCUT2D eigenvalue weighted by molar-refractivity contribution is 5.87. The average Bonchev–Trinajstić information content (AvgIpc) is 2.22. The van der Waals surface area contributed by atoms with Gasteiger partial charge in [0.2, 0.25) is 0 Å². The molecule has 0 aliphatic carbocycles. The Bertz CT molecular complexity index is 516. The van der Waals surface area contributed by atoms with Crippen LogP contribution in [0.2, 0.25) is 0 Å². The Morgan fingerprint density at radius 3 is 2.50 bits per heavy atom. The van der Waals surface area contributed by atoms with Crippen molar-refractivity contribution in [3.8, 4) is 6.07 Å². The molecule has 0 radical (unpaired) electrons. The fourth-order valence-electron chi connectivity index (χ4n) is 1.17. The second-order valence-corrected chi connectivity index (χ2v) is 4.52. The molecule has 4 nitrogen and oxygen atoms in total. The number of nitrogens with zero attached hydrogens (tertiary/aromatic N) is 1. The molecular formula is C12H12F2N2O2. The molecule has 0 bridgehead atoms. The molecule has 0 spiro atoms. The summed E-state index contributed by atoms with van der Waals surface area (Å²) in [4.78, 5) is 11.4. The van der Waals surface area contributed by atoms with Gasteiger partial charge in [-0.25, -0.2) is 13.6 Å². The molecular weight excluding hydrogens is 242 g/mol. The zero-order chi connectivity index (χ0) is 13.9. The fraction of sp³-hybridized carbons (Fsp3) is 0.333. The number of rotatable bonds is 1. The van der Waals surface area contributed by atoms with Crippen molar-refractivity contribution in [2.24, 2.45) is 0 Å². The smallest absolute Gasteiger partial charge is 0.412 e. The lowest BCUT2D eigenvalue weighted by atomic mass is 10.2. The van der Waals surface area contributed by atoms with Crippen LogP contribution in [0, 0.1) is 23.0 Å². The van der Waals surface area contributed by atoms with Crippen LogP contribution in [0.1, 0.15) is 26.3 Å². The van der Waals surface area contributed by atoms with Crippen LogP contribution in [0.25, 0.3) is 0 Å². The Morgan fingerprint density at radius 1 is 1.39 bits per heavy atom. The number of ether oxygens (including phenoxy) is 1. The molecule has 1 aromatic rings. The molecule has 0 aromatic heterocycles. The van der Waals surface area contributed by atoms with E-state index >= 15 is 0 Å². The predicted octanol–water partition coefficient (Wildman–Crippen LogP) is 3.18. The molecule has 0 fully saturated rings. The van der Waals surface area contributed by atoms with Crippen LogP contribution in [0.3, 0.4) is 0 Å². The van der Waals surface area contributed by atoms with Crippen molar-refractivity contribution in [1.29, 1.82) is 5.26 Å². The highest BCUT2D eigenvalue weighted by Gasteiger charge is 2.20. The first kappa shape index (κ1) is 13.9. The number of halogens is 2. The molecule has 0 heterocycles. The maximum atomic E-state index is 13.4. The van der Waals surface area contributed by atoms with E-state index in [2.05, 4.69) is 0 Å². The average molecular weight is 254 g/mol. The van der Waals surface area contributed by atoms with Crippen LogP contribution in [0.5, 0.6) is 0 Å². The minimum Gasteiger partial charge on any atom is -0.444 e. The van der Waals surface area contributed by atoms with E-state index < -0.39 is 29.0 Å². The van der Waals surface area contributed by atoms with Crippen LogP contribution in [0.4, 0.5) is 19.3 Å². The Hall–Kier alpha value is -2.16. The zero-order valence-electron chi connectivity index (χ0n) is 10.2. The van der Waals surface area contributed by atoms with Crippen molar-refractivity contribution in [2.75, 3.05) is 5.32 Å². The molecule has 1 aromatic carbocycles. The van der Waals surface area contributed by atoms with E-state index in [1.807, 2.05) is 5.32 Å². The summed E-state index contributed by atoms with van der Waals surface area (Å²) in [5.74, 6) is -2.44. The standard InChI is InChI=1S/C12H12F2N2O2/c1-12(2,3)18-11(17)16-10-7(6-15)4-5-8(13)9(10)14/h4-5H,1-3H3,(H,16,17). The topological polar surface area (TPSA) is 62.1 Å². The molecule has 1 amide bonds. The molecule has 1 rings (SSSR count). The van der Waals surface area contributed by atoms with Gasteiger partial charge in [-0.1, -0.05) is 0 Å². The Labute approximate surface area is 103 Å². The van der Waals surface area contributed by atoms with Crippen LogP contribution < -0.4 is 5.32 Å². The number of hydrogen-bond acceptors (Lipinski definition) is 3. The molecule has 1 N–H and O–H groups in total. The van der Waals surface area contributed by atoms with Crippen molar-refractivity contribution in [3.63, 3.8) is 0 Å². The van der Waals surface area contributed by atoms with E-state index in [0.717, 1.165) is 12.1 Å².